The molecule has 112 valence electrons. The standard InChI is InChI=1S/C15H21F3N2/c1-2-6-20-7-3-4-11(5-8-20)19-15-10-13(17)12(16)9-14(15)18/h9-11,19H,2-8H2,1H3. The summed E-state index contributed by atoms with van der Waals surface area (Å²) in [5.74, 6) is -2.91. The first-order chi connectivity index (χ1) is 9.60. The lowest BCUT2D eigenvalue weighted by Gasteiger charge is -2.20. The molecule has 1 aliphatic heterocycles. The fraction of sp³-hybridized carbons (Fsp3) is 0.600. The average molecular weight is 286 g/mol. The summed E-state index contributed by atoms with van der Waals surface area (Å²) in [4.78, 5) is 2.39. The van der Waals surface area contributed by atoms with Crippen LogP contribution in [0.3, 0.4) is 0 Å². The number of nitrogens with zero attached hydrogens (tertiary/aromatic N) is 1. The molecule has 0 amide bonds. The van der Waals surface area contributed by atoms with Crippen LogP contribution in [-0.2, 0) is 0 Å². The van der Waals surface area contributed by atoms with Gasteiger partial charge in [-0.25, -0.2) is 13.2 Å². The maximum atomic E-state index is 13.6. The predicted octanol–water partition coefficient (Wildman–Crippen LogP) is 3.78. The Kier molecular flexibility index (Phi) is 5.29. The van der Waals surface area contributed by atoms with Gasteiger partial charge in [-0.15, -0.1) is 0 Å². The Morgan fingerprint density at radius 2 is 1.85 bits per heavy atom. The van der Waals surface area contributed by atoms with Crippen molar-refractivity contribution in [2.24, 2.45) is 0 Å². The minimum atomic E-state index is -1.15. The lowest BCUT2D eigenvalue weighted by Crippen LogP contribution is -2.27. The largest absolute Gasteiger partial charge is 0.380 e. The van der Waals surface area contributed by atoms with Crippen LogP contribution in [0.15, 0.2) is 12.1 Å². The zero-order valence-electron chi connectivity index (χ0n) is 11.8. The fourth-order valence-corrected chi connectivity index (χ4v) is 2.69. The zero-order chi connectivity index (χ0) is 14.5. The van der Waals surface area contributed by atoms with Crippen molar-refractivity contribution in [1.29, 1.82) is 0 Å². The summed E-state index contributed by atoms with van der Waals surface area (Å²) in [5, 5.41) is 3.01. The third kappa shape index (κ3) is 3.88. The average Bonchev–Trinajstić information content (AvgIpc) is 2.62. The van der Waals surface area contributed by atoms with Gasteiger partial charge in [0.05, 0.1) is 5.69 Å². The molecule has 2 rings (SSSR count). The SMILES string of the molecule is CCCN1CCCC(Nc2cc(F)c(F)cc2F)CC1. The number of halogens is 3. The number of nitrogens with one attached hydrogen (secondary N) is 1. The molecule has 0 radical (unpaired) electrons. The lowest BCUT2D eigenvalue weighted by atomic mass is 10.1. The zero-order valence-corrected chi connectivity index (χ0v) is 11.8. The Balaban J connectivity index is 1.98. The second-order valence-corrected chi connectivity index (χ2v) is 5.36. The van der Waals surface area contributed by atoms with Gasteiger partial charge in [-0.2, -0.15) is 0 Å². The van der Waals surface area contributed by atoms with E-state index in [4.69, 9.17) is 0 Å². The van der Waals surface area contributed by atoms with E-state index < -0.39 is 17.5 Å². The molecule has 1 heterocycles. The molecule has 1 fully saturated rings. The Morgan fingerprint density at radius 1 is 1.10 bits per heavy atom. The summed E-state index contributed by atoms with van der Waals surface area (Å²) in [6, 6.07) is 1.60. The monoisotopic (exact) mass is 286 g/mol. The van der Waals surface area contributed by atoms with E-state index in [1.165, 1.54) is 0 Å². The van der Waals surface area contributed by atoms with Crippen molar-refractivity contribution in [2.75, 3.05) is 25.0 Å². The highest BCUT2D eigenvalue weighted by atomic mass is 19.2. The van der Waals surface area contributed by atoms with Crippen LogP contribution in [0.5, 0.6) is 0 Å². The van der Waals surface area contributed by atoms with Crippen LogP contribution >= 0.6 is 0 Å². The molecular weight excluding hydrogens is 265 g/mol. The first-order valence-corrected chi connectivity index (χ1v) is 7.23. The normalized spacial score (nSPS) is 20.7. The van der Waals surface area contributed by atoms with Gasteiger partial charge in [-0.05, 0) is 38.8 Å². The van der Waals surface area contributed by atoms with Gasteiger partial charge in [0.1, 0.15) is 5.82 Å². The minimum absolute atomic E-state index is 0.0536. The molecule has 0 bridgehead atoms. The number of likely N-dealkylation sites (tertiary alicyclic amines) is 1. The minimum Gasteiger partial charge on any atom is -0.380 e. The number of benzene rings is 1. The van der Waals surface area contributed by atoms with Crippen molar-refractivity contribution in [2.45, 2.75) is 38.6 Å². The van der Waals surface area contributed by atoms with Crippen LogP contribution in [0.4, 0.5) is 18.9 Å². The molecule has 1 atom stereocenters. The van der Waals surface area contributed by atoms with Crippen LogP contribution in [0, 0.1) is 17.5 Å². The van der Waals surface area contributed by atoms with Crippen molar-refractivity contribution in [3.63, 3.8) is 0 Å². The molecule has 5 heteroatoms. The smallest absolute Gasteiger partial charge is 0.161 e. The van der Waals surface area contributed by atoms with Gasteiger partial charge in [0.15, 0.2) is 11.6 Å². The maximum absolute atomic E-state index is 13.6. The maximum Gasteiger partial charge on any atom is 0.161 e. The summed E-state index contributed by atoms with van der Waals surface area (Å²) < 4.78 is 39.7. The van der Waals surface area contributed by atoms with Crippen molar-refractivity contribution < 1.29 is 13.2 Å². The number of rotatable bonds is 4. The molecule has 1 unspecified atom stereocenters. The molecule has 0 spiro atoms. The molecular formula is C15H21F3N2. The lowest BCUT2D eigenvalue weighted by molar-refractivity contribution is 0.285. The Hall–Kier alpha value is -1.23. The van der Waals surface area contributed by atoms with Gasteiger partial charge in [0.25, 0.3) is 0 Å². The highest BCUT2D eigenvalue weighted by Gasteiger charge is 2.18. The van der Waals surface area contributed by atoms with E-state index in [0.717, 1.165) is 51.4 Å². The number of hydrogen-bond acceptors (Lipinski definition) is 2. The van der Waals surface area contributed by atoms with Crippen LogP contribution in [0.25, 0.3) is 0 Å². The Morgan fingerprint density at radius 3 is 2.60 bits per heavy atom. The Labute approximate surface area is 118 Å². The first-order valence-electron chi connectivity index (χ1n) is 7.23. The van der Waals surface area contributed by atoms with Crippen molar-refractivity contribution in [1.82, 2.24) is 4.90 Å². The topological polar surface area (TPSA) is 15.3 Å². The van der Waals surface area contributed by atoms with Crippen LogP contribution in [0.2, 0.25) is 0 Å². The predicted molar refractivity (Wildman–Crippen MR) is 74.3 cm³/mol. The van der Waals surface area contributed by atoms with Gasteiger partial charge in [0.2, 0.25) is 0 Å². The molecule has 20 heavy (non-hydrogen) atoms. The first kappa shape index (κ1) is 15.2. The quantitative estimate of drug-likeness (QED) is 0.847. The van der Waals surface area contributed by atoms with Crippen LogP contribution in [0.1, 0.15) is 32.6 Å². The fourth-order valence-electron chi connectivity index (χ4n) is 2.69. The van der Waals surface area contributed by atoms with Crippen LogP contribution < -0.4 is 5.32 Å². The van der Waals surface area contributed by atoms with E-state index in [1.807, 2.05) is 0 Å². The summed E-state index contributed by atoms with van der Waals surface area (Å²) in [5.41, 5.74) is 0.0536. The van der Waals surface area contributed by atoms with E-state index in [0.29, 0.717) is 6.07 Å². The van der Waals surface area contributed by atoms with E-state index in [9.17, 15) is 13.2 Å². The van der Waals surface area contributed by atoms with Gasteiger partial charge in [0, 0.05) is 24.7 Å². The van der Waals surface area contributed by atoms with E-state index in [2.05, 4.69) is 17.1 Å². The number of hydrogen-bond donors (Lipinski definition) is 1. The Bertz CT molecular complexity index is 451. The molecule has 1 aromatic carbocycles. The number of anilines is 1. The van der Waals surface area contributed by atoms with Crippen molar-refractivity contribution in [3.8, 4) is 0 Å². The molecule has 1 aromatic rings. The molecule has 1 saturated heterocycles. The third-order valence-electron chi connectivity index (χ3n) is 3.73. The summed E-state index contributed by atoms with van der Waals surface area (Å²) in [6.45, 7) is 5.23. The van der Waals surface area contributed by atoms with Gasteiger partial charge < -0.3 is 10.2 Å². The molecule has 1 N–H and O–H groups in total. The third-order valence-corrected chi connectivity index (χ3v) is 3.73. The second kappa shape index (κ2) is 6.97. The molecule has 1 aliphatic rings. The molecule has 0 aliphatic carbocycles. The molecule has 2 nitrogen and oxygen atoms in total. The van der Waals surface area contributed by atoms with Gasteiger partial charge in [-0.1, -0.05) is 6.92 Å². The highest BCUT2D eigenvalue weighted by molar-refractivity contribution is 5.46. The van der Waals surface area contributed by atoms with Gasteiger partial charge in [-0.3, -0.25) is 0 Å². The van der Waals surface area contributed by atoms with E-state index in [1.54, 1.807) is 0 Å². The molecule has 0 aromatic heterocycles. The van der Waals surface area contributed by atoms with Crippen molar-refractivity contribution in [3.05, 3.63) is 29.6 Å². The van der Waals surface area contributed by atoms with Crippen molar-refractivity contribution >= 4 is 5.69 Å². The van der Waals surface area contributed by atoms with E-state index >= 15 is 0 Å². The highest BCUT2D eigenvalue weighted by Crippen LogP contribution is 2.22. The molecule has 0 saturated carbocycles. The van der Waals surface area contributed by atoms with Gasteiger partial charge >= 0.3 is 0 Å². The summed E-state index contributed by atoms with van der Waals surface area (Å²) in [6.07, 6.45) is 3.95. The second-order valence-electron chi connectivity index (χ2n) is 5.36. The van der Waals surface area contributed by atoms with Crippen LogP contribution in [-0.4, -0.2) is 30.6 Å². The summed E-state index contributed by atoms with van der Waals surface area (Å²) >= 11 is 0. The summed E-state index contributed by atoms with van der Waals surface area (Å²) in [7, 11) is 0. The van der Waals surface area contributed by atoms with E-state index in [-0.39, 0.29) is 11.7 Å².